The molecule has 3 nitrogen and oxygen atoms in total. The van der Waals surface area contributed by atoms with Gasteiger partial charge in [-0.3, -0.25) is 9.78 Å². The van der Waals surface area contributed by atoms with Gasteiger partial charge < -0.3 is 0 Å². The number of hydrogen-bond donors (Lipinski definition) is 0. The van der Waals surface area contributed by atoms with Crippen LogP contribution in [-0.4, -0.2) is 10.8 Å². The number of Topliss-reactive ketones (excluding diaryl/α,β-unsaturated/α-hetero) is 1. The summed E-state index contributed by atoms with van der Waals surface area (Å²) in [5, 5.41) is 9.02. The van der Waals surface area contributed by atoms with Crippen molar-refractivity contribution >= 4 is 21.7 Å². The lowest BCUT2D eigenvalue weighted by molar-refractivity contribution is -0.120. The number of aromatic nitrogens is 1. The van der Waals surface area contributed by atoms with Gasteiger partial charge in [0.05, 0.1) is 6.07 Å². The van der Waals surface area contributed by atoms with E-state index >= 15 is 0 Å². The first-order valence-electron chi connectivity index (χ1n) is 4.04. The van der Waals surface area contributed by atoms with Crippen molar-refractivity contribution in [2.24, 2.45) is 0 Å². The molecule has 1 aromatic heterocycles. The van der Waals surface area contributed by atoms with Gasteiger partial charge in [-0.05, 0) is 41.4 Å². The number of ketones is 1. The Balaban J connectivity index is 3.36. The van der Waals surface area contributed by atoms with Crippen LogP contribution in [0.25, 0.3) is 0 Å². The highest BCUT2D eigenvalue weighted by atomic mass is 79.9. The number of rotatable bonds is 2. The van der Waals surface area contributed by atoms with Gasteiger partial charge in [-0.1, -0.05) is 0 Å². The number of nitrogens with zero attached hydrogens (tertiary/aromatic N) is 2. The van der Waals surface area contributed by atoms with Crippen LogP contribution < -0.4 is 0 Å². The minimum absolute atomic E-state index is 0.174. The number of nitriles is 1. The molecule has 4 heteroatoms. The van der Waals surface area contributed by atoms with E-state index in [-0.39, 0.29) is 5.78 Å². The summed E-state index contributed by atoms with van der Waals surface area (Å²) in [5.74, 6) is -0.174. The van der Waals surface area contributed by atoms with E-state index < -0.39 is 5.41 Å². The molecule has 0 aromatic carbocycles. The quantitative estimate of drug-likeness (QED) is 0.811. The average Bonchev–Trinajstić information content (AvgIpc) is 2.17. The molecule has 0 amide bonds. The summed E-state index contributed by atoms with van der Waals surface area (Å²) in [6.07, 6.45) is 3.15. The van der Waals surface area contributed by atoms with Gasteiger partial charge in [0.25, 0.3) is 0 Å². The predicted molar refractivity (Wildman–Crippen MR) is 55.6 cm³/mol. The van der Waals surface area contributed by atoms with Gasteiger partial charge in [-0.25, -0.2) is 0 Å². The maximum atomic E-state index is 11.4. The second kappa shape index (κ2) is 3.89. The monoisotopic (exact) mass is 252 g/mol. The van der Waals surface area contributed by atoms with Crippen LogP contribution in [-0.2, 0) is 10.2 Å². The minimum Gasteiger partial charge on any atom is -0.298 e. The Morgan fingerprint density at radius 2 is 2.36 bits per heavy atom. The summed E-state index contributed by atoms with van der Waals surface area (Å²) in [4.78, 5) is 15.3. The van der Waals surface area contributed by atoms with Crippen LogP contribution in [0.15, 0.2) is 22.9 Å². The molecular weight excluding hydrogens is 244 g/mol. The number of hydrogen-bond acceptors (Lipinski definition) is 3. The zero-order valence-corrected chi connectivity index (χ0v) is 9.50. The number of pyridine rings is 1. The van der Waals surface area contributed by atoms with Crippen molar-refractivity contribution in [2.45, 2.75) is 19.3 Å². The van der Waals surface area contributed by atoms with Crippen molar-refractivity contribution in [1.82, 2.24) is 4.98 Å². The van der Waals surface area contributed by atoms with E-state index in [0.717, 1.165) is 0 Å². The largest absolute Gasteiger partial charge is 0.298 e. The van der Waals surface area contributed by atoms with Crippen molar-refractivity contribution in [2.75, 3.05) is 0 Å². The Morgan fingerprint density at radius 3 is 2.79 bits per heavy atom. The first kappa shape index (κ1) is 10.9. The zero-order valence-electron chi connectivity index (χ0n) is 7.91. The summed E-state index contributed by atoms with van der Waals surface area (Å²) in [6.45, 7) is 3.02. The third-order valence-corrected chi connectivity index (χ3v) is 2.87. The van der Waals surface area contributed by atoms with E-state index in [0.29, 0.717) is 10.0 Å². The summed E-state index contributed by atoms with van der Waals surface area (Å²) >= 11 is 3.28. The molecule has 1 unspecified atom stereocenters. The Kier molecular flexibility index (Phi) is 3.02. The van der Waals surface area contributed by atoms with Gasteiger partial charge in [-0.15, -0.1) is 0 Å². The fraction of sp³-hybridized carbons (Fsp3) is 0.300. The molecule has 1 atom stereocenters. The SMILES string of the molecule is CC(=O)C(C)(C#N)c1ccncc1Br. The van der Waals surface area contributed by atoms with Crippen LogP contribution in [0.3, 0.4) is 0 Å². The van der Waals surface area contributed by atoms with E-state index in [4.69, 9.17) is 5.26 Å². The summed E-state index contributed by atoms with van der Waals surface area (Å²) in [7, 11) is 0. The van der Waals surface area contributed by atoms with Crippen LogP contribution in [0.2, 0.25) is 0 Å². The molecule has 0 fully saturated rings. The predicted octanol–water partition coefficient (Wildman–Crippen LogP) is 2.21. The maximum absolute atomic E-state index is 11.4. The Hall–Kier alpha value is -1.21. The highest BCUT2D eigenvalue weighted by Crippen LogP contribution is 2.29. The van der Waals surface area contributed by atoms with Gasteiger partial charge in [0.15, 0.2) is 5.78 Å². The average molecular weight is 253 g/mol. The summed E-state index contributed by atoms with van der Waals surface area (Å²) < 4.78 is 0.680. The van der Waals surface area contributed by atoms with Crippen LogP contribution >= 0.6 is 15.9 Å². The zero-order chi connectivity index (χ0) is 10.8. The molecule has 1 rings (SSSR count). The third kappa shape index (κ3) is 1.68. The molecule has 0 aliphatic rings. The minimum atomic E-state index is -1.10. The summed E-state index contributed by atoms with van der Waals surface area (Å²) in [5.41, 5.74) is -0.440. The Labute approximate surface area is 90.9 Å². The molecule has 14 heavy (non-hydrogen) atoms. The topological polar surface area (TPSA) is 53.8 Å². The molecule has 0 aliphatic heterocycles. The lowest BCUT2D eigenvalue weighted by Crippen LogP contribution is -2.29. The molecule has 0 aliphatic carbocycles. The summed E-state index contributed by atoms with van der Waals surface area (Å²) in [6, 6.07) is 3.70. The molecule has 0 N–H and O–H groups in total. The second-order valence-corrected chi connectivity index (χ2v) is 4.00. The van der Waals surface area contributed by atoms with Crippen molar-refractivity contribution < 1.29 is 4.79 Å². The maximum Gasteiger partial charge on any atom is 0.154 e. The second-order valence-electron chi connectivity index (χ2n) is 3.15. The van der Waals surface area contributed by atoms with Crippen molar-refractivity contribution in [3.63, 3.8) is 0 Å². The molecule has 0 spiro atoms. The van der Waals surface area contributed by atoms with Crippen LogP contribution in [0.1, 0.15) is 19.4 Å². The highest BCUT2D eigenvalue weighted by Gasteiger charge is 2.33. The normalized spacial score (nSPS) is 14.1. The van der Waals surface area contributed by atoms with Crippen molar-refractivity contribution in [3.8, 4) is 6.07 Å². The van der Waals surface area contributed by atoms with Crippen LogP contribution in [0, 0.1) is 11.3 Å². The van der Waals surface area contributed by atoms with E-state index in [1.165, 1.54) is 6.92 Å². The molecule has 0 saturated heterocycles. The lowest BCUT2D eigenvalue weighted by atomic mass is 9.81. The lowest BCUT2D eigenvalue weighted by Gasteiger charge is -2.19. The van der Waals surface area contributed by atoms with Crippen LogP contribution in [0.5, 0.6) is 0 Å². The Morgan fingerprint density at radius 1 is 1.71 bits per heavy atom. The molecule has 1 aromatic rings. The molecular formula is C10H9BrN2O. The molecule has 0 bridgehead atoms. The number of carbonyl (C=O) groups excluding carboxylic acids is 1. The van der Waals surface area contributed by atoms with Crippen molar-refractivity contribution in [3.05, 3.63) is 28.5 Å². The fourth-order valence-electron chi connectivity index (χ4n) is 1.11. The highest BCUT2D eigenvalue weighted by molar-refractivity contribution is 9.10. The first-order valence-corrected chi connectivity index (χ1v) is 4.84. The standard InChI is InChI=1S/C10H9BrN2O/c1-7(14)10(2,6-12)8-3-4-13-5-9(8)11/h3-5H,1-2H3. The van der Waals surface area contributed by atoms with Gasteiger partial charge >= 0.3 is 0 Å². The Bertz CT molecular complexity index is 411. The van der Waals surface area contributed by atoms with Crippen molar-refractivity contribution in [1.29, 1.82) is 5.26 Å². The third-order valence-electron chi connectivity index (χ3n) is 2.24. The van der Waals surface area contributed by atoms with Gasteiger partial charge in [0.2, 0.25) is 0 Å². The van der Waals surface area contributed by atoms with Gasteiger partial charge in [-0.2, -0.15) is 5.26 Å². The van der Waals surface area contributed by atoms with E-state index in [1.807, 2.05) is 6.07 Å². The molecule has 0 saturated carbocycles. The smallest absolute Gasteiger partial charge is 0.154 e. The van der Waals surface area contributed by atoms with E-state index in [2.05, 4.69) is 20.9 Å². The fourth-order valence-corrected chi connectivity index (χ4v) is 1.76. The van der Waals surface area contributed by atoms with Gasteiger partial charge in [0.1, 0.15) is 5.41 Å². The van der Waals surface area contributed by atoms with E-state index in [1.54, 1.807) is 25.4 Å². The molecule has 72 valence electrons. The van der Waals surface area contributed by atoms with E-state index in [9.17, 15) is 4.79 Å². The molecule has 0 radical (unpaired) electrons. The number of carbonyl (C=O) groups is 1. The number of halogens is 1. The molecule has 1 heterocycles. The van der Waals surface area contributed by atoms with Gasteiger partial charge in [0, 0.05) is 16.9 Å². The first-order chi connectivity index (χ1) is 6.52. The van der Waals surface area contributed by atoms with Crippen LogP contribution in [0.4, 0.5) is 0 Å².